The molecule has 7 heteroatoms. The van der Waals surface area contributed by atoms with Crippen LogP contribution in [0, 0.1) is 5.41 Å². The fraction of sp³-hybridized carbons (Fsp3) is 0.588. The van der Waals surface area contributed by atoms with Crippen LogP contribution < -0.4 is 16.0 Å². The van der Waals surface area contributed by atoms with Gasteiger partial charge in [-0.1, -0.05) is 18.2 Å². The van der Waals surface area contributed by atoms with Gasteiger partial charge in [-0.15, -0.1) is 24.8 Å². The number of nitrogens with two attached hydrogens (primary N) is 1. The standard InChI is InChI=1S/C17H25N3O2.2ClH/c18-13-17(7-10-22-11-8-17)16(21)19-14-6-9-20(12-14)15-4-2-1-3-5-15;;/h1-5,14H,6-13,18H2,(H,19,21);2*1H. The van der Waals surface area contributed by atoms with Crippen LogP contribution in [0.2, 0.25) is 0 Å². The van der Waals surface area contributed by atoms with E-state index in [-0.39, 0.29) is 36.8 Å². The van der Waals surface area contributed by atoms with Gasteiger partial charge in [0.2, 0.25) is 5.91 Å². The summed E-state index contributed by atoms with van der Waals surface area (Å²) in [7, 11) is 0. The second kappa shape index (κ2) is 9.47. The predicted octanol–water partition coefficient (Wildman–Crippen LogP) is 1.98. The molecule has 0 spiro atoms. The zero-order chi connectivity index (χ0) is 15.4. The van der Waals surface area contributed by atoms with E-state index in [4.69, 9.17) is 10.5 Å². The number of carbonyl (C=O) groups is 1. The first-order valence-electron chi connectivity index (χ1n) is 8.12. The third kappa shape index (κ3) is 4.54. The van der Waals surface area contributed by atoms with Crippen molar-refractivity contribution in [2.24, 2.45) is 11.1 Å². The molecule has 24 heavy (non-hydrogen) atoms. The molecule has 2 aliphatic heterocycles. The maximum atomic E-state index is 12.7. The van der Waals surface area contributed by atoms with E-state index in [2.05, 4.69) is 22.3 Å². The molecule has 0 aliphatic carbocycles. The second-order valence-corrected chi connectivity index (χ2v) is 6.34. The van der Waals surface area contributed by atoms with Crippen molar-refractivity contribution in [1.82, 2.24) is 5.32 Å². The molecule has 1 aromatic carbocycles. The van der Waals surface area contributed by atoms with Gasteiger partial charge in [-0.05, 0) is 31.4 Å². The quantitative estimate of drug-likeness (QED) is 0.843. The normalized spacial score (nSPS) is 22.2. The molecule has 136 valence electrons. The number of amides is 1. The summed E-state index contributed by atoms with van der Waals surface area (Å²) in [5.41, 5.74) is 6.69. The van der Waals surface area contributed by atoms with Crippen LogP contribution in [0.4, 0.5) is 5.69 Å². The summed E-state index contributed by atoms with van der Waals surface area (Å²) in [4.78, 5) is 15.0. The predicted molar refractivity (Wildman–Crippen MR) is 101 cm³/mol. The Kier molecular flexibility index (Phi) is 8.30. The summed E-state index contributed by atoms with van der Waals surface area (Å²) < 4.78 is 5.38. The molecule has 0 bridgehead atoms. The smallest absolute Gasteiger partial charge is 0.227 e. The van der Waals surface area contributed by atoms with Gasteiger partial charge >= 0.3 is 0 Å². The lowest BCUT2D eigenvalue weighted by Crippen LogP contribution is -2.52. The molecule has 1 amide bonds. The summed E-state index contributed by atoms with van der Waals surface area (Å²) in [5, 5.41) is 3.22. The highest BCUT2D eigenvalue weighted by Crippen LogP contribution is 2.30. The summed E-state index contributed by atoms with van der Waals surface area (Å²) in [6.07, 6.45) is 2.44. The maximum Gasteiger partial charge on any atom is 0.227 e. The van der Waals surface area contributed by atoms with Crippen LogP contribution >= 0.6 is 24.8 Å². The Morgan fingerprint density at radius 3 is 2.54 bits per heavy atom. The van der Waals surface area contributed by atoms with Gasteiger partial charge in [0, 0.05) is 44.6 Å². The van der Waals surface area contributed by atoms with E-state index < -0.39 is 5.41 Å². The Bertz CT molecular complexity index is 510. The van der Waals surface area contributed by atoms with E-state index in [0.717, 1.165) is 32.4 Å². The third-order valence-corrected chi connectivity index (χ3v) is 4.97. The molecule has 0 saturated carbocycles. The number of carbonyl (C=O) groups excluding carboxylic acids is 1. The highest BCUT2D eigenvalue weighted by atomic mass is 35.5. The van der Waals surface area contributed by atoms with Gasteiger partial charge in [0.1, 0.15) is 0 Å². The number of rotatable bonds is 4. The minimum Gasteiger partial charge on any atom is -0.381 e. The molecular weight excluding hydrogens is 349 g/mol. The highest BCUT2D eigenvalue weighted by molar-refractivity contribution is 5.85. The first-order chi connectivity index (χ1) is 10.7. The van der Waals surface area contributed by atoms with Crippen molar-refractivity contribution in [3.8, 4) is 0 Å². The zero-order valence-electron chi connectivity index (χ0n) is 13.8. The van der Waals surface area contributed by atoms with Crippen molar-refractivity contribution in [2.45, 2.75) is 25.3 Å². The highest BCUT2D eigenvalue weighted by Gasteiger charge is 2.40. The Labute approximate surface area is 156 Å². The largest absolute Gasteiger partial charge is 0.381 e. The van der Waals surface area contributed by atoms with Crippen LogP contribution in [0.3, 0.4) is 0 Å². The van der Waals surface area contributed by atoms with Crippen LogP contribution in [0.1, 0.15) is 19.3 Å². The van der Waals surface area contributed by atoms with Crippen molar-refractivity contribution >= 4 is 36.4 Å². The number of hydrogen-bond donors (Lipinski definition) is 2. The molecule has 2 fully saturated rings. The van der Waals surface area contributed by atoms with Crippen LogP contribution in [0.5, 0.6) is 0 Å². The fourth-order valence-corrected chi connectivity index (χ4v) is 3.38. The summed E-state index contributed by atoms with van der Waals surface area (Å²) in [5.74, 6) is 0.109. The van der Waals surface area contributed by atoms with Crippen LogP contribution in [0.25, 0.3) is 0 Å². The van der Waals surface area contributed by atoms with Gasteiger partial charge in [0.05, 0.1) is 5.41 Å². The number of nitrogens with one attached hydrogen (secondary N) is 1. The Balaban J connectivity index is 0.00000144. The van der Waals surface area contributed by atoms with Crippen molar-refractivity contribution in [2.75, 3.05) is 37.7 Å². The average Bonchev–Trinajstić information content (AvgIpc) is 3.05. The minimum atomic E-state index is -0.432. The number of para-hydroxylation sites is 1. The number of nitrogens with zero attached hydrogens (tertiary/aromatic N) is 1. The van der Waals surface area contributed by atoms with E-state index in [9.17, 15) is 4.79 Å². The zero-order valence-corrected chi connectivity index (χ0v) is 15.4. The topological polar surface area (TPSA) is 67.6 Å². The molecular formula is C17H27Cl2N3O2. The fourth-order valence-electron chi connectivity index (χ4n) is 3.38. The van der Waals surface area contributed by atoms with Crippen LogP contribution in [-0.4, -0.2) is 44.8 Å². The molecule has 5 nitrogen and oxygen atoms in total. The molecule has 2 aliphatic rings. The lowest BCUT2D eigenvalue weighted by Gasteiger charge is -2.35. The number of anilines is 1. The molecule has 0 aromatic heterocycles. The molecule has 2 heterocycles. The lowest BCUT2D eigenvalue weighted by atomic mass is 9.79. The number of ether oxygens (including phenoxy) is 1. The lowest BCUT2D eigenvalue weighted by molar-refractivity contribution is -0.136. The Hall–Kier alpha value is -1.01. The van der Waals surface area contributed by atoms with E-state index in [1.165, 1.54) is 5.69 Å². The summed E-state index contributed by atoms with van der Waals surface area (Å²) in [6.45, 7) is 3.51. The van der Waals surface area contributed by atoms with E-state index in [1.807, 2.05) is 18.2 Å². The summed E-state index contributed by atoms with van der Waals surface area (Å²) in [6, 6.07) is 10.6. The molecule has 3 rings (SSSR count). The van der Waals surface area contributed by atoms with Crippen molar-refractivity contribution in [1.29, 1.82) is 0 Å². The average molecular weight is 376 g/mol. The summed E-state index contributed by atoms with van der Waals surface area (Å²) >= 11 is 0. The van der Waals surface area contributed by atoms with Gasteiger partial charge in [-0.25, -0.2) is 0 Å². The van der Waals surface area contributed by atoms with Crippen molar-refractivity contribution < 1.29 is 9.53 Å². The number of halogens is 2. The Morgan fingerprint density at radius 1 is 1.25 bits per heavy atom. The van der Waals surface area contributed by atoms with E-state index in [0.29, 0.717) is 19.8 Å². The number of benzene rings is 1. The van der Waals surface area contributed by atoms with Crippen molar-refractivity contribution in [3.05, 3.63) is 30.3 Å². The maximum absolute atomic E-state index is 12.7. The third-order valence-electron chi connectivity index (χ3n) is 4.97. The first-order valence-corrected chi connectivity index (χ1v) is 8.12. The molecule has 1 unspecified atom stereocenters. The molecule has 1 atom stereocenters. The van der Waals surface area contributed by atoms with Gasteiger partial charge in [-0.2, -0.15) is 0 Å². The van der Waals surface area contributed by atoms with Gasteiger partial charge < -0.3 is 20.7 Å². The van der Waals surface area contributed by atoms with E-state index >= 15 is 0 Å². The van der Waals surface area contributed by atoms with Crippen molar-refractivity contribution in [3.63, 3.8) is 0 Å². The first kappa shape index (κ1) is 21.0. The van der Waals surface area contributed by atoms with Gasteiger partial charge in [0.25, 0.3) is 0 Å². The van der Waals surface area contributed by atoms with E-state index in [1.54, 1.807) is 0 Å². The second-order valence-electron chi connectivity index (χ2n) is 6.34. The van der Waals surface area contributed by atoms with Gasteiger partial charge in [0.15, 0.2) is 0 Å². The molecule has 0 radical (unpaired) electrons. The Morgan fingerprint density at radius 2 is 1.92 bits per heavy atom. The van der Waals surface area contributed by atoms with Crippen LogP contribution in [0.15, 0.2) is 30.3 Å². The molecule has 3 N–H and O–H groups in total. The monoisotopic (exact) mass is 375 g/mol. The SMILES string of the molecule is Cl.Cl.NCC1(C(=O)NC2CCN(c3ccccc3)C2)CCOCC1. The minimum absolute atomic E-state index is 0. The van der Waals surface area contributed by atoms with Crippen LogP contribution in [-0.2, 0) is 9.53 Å². The molecule has 1 aromatic rings. The number of hydrogen-bond acceptors (Lipinski definition) is 4. The van der Waals surface area contributed by atoms with Gasteiger partial charge in [-0.3, -0.25) is 4.79 Å². The molecule has 2 saturated heterocycles.